The van der Waals surface area contributed by atoms with E-state index in [2.05, 4.69) is 13.8 Å². The summed E-state index contributed by atoms with van der Waals surface area (Å²) >= 11 is 0. The molecule has 4 N–H and O–H groups in total. The Morgan fingerprint density at radius 3 is 1.00 bits per heavy atom. The third kappa shape index (κ3) is 11.5. The van der Waals surface area contributed by atoms with Crippen molar-refractivity contribution in [3.8, 4) is 0 Å². The molecule has 2 unspecified atom stereocenters. The molecule has 0 bridgehead atoms. The number of nitrogens with two attached hydrogens (primary N) is 2. The van der Waals surface area contributed by atoms with Gasteiger partial charge in [0.2, 0.25) is 0 Å². The highest BCUT2D eigenvalue weighted by Crippen LogP contribution is 2.40. The summed E-state index contributed by atoms with van der Waals surface area (Å²) in [4.78, 5) is 0. The average molecular weight is 423 g/mol. The molecule has 180 valence electrons. The lowest BCUT2D eigenvalue weighted by atomic mass is 9.63. The summed E-state index contributed by atoms with van der Waals surface area (Å²) in [7, 11) is 0. The van der Waals surface area contributed by atoms with E-state index in [1.807, 2.05) is 0 Å². The van der Waals surface area contributed by atoms with E-state index in [1.165, 1.54) is 128 Å². The molecular weight excluding hydrogens is 364 g/mol. The minimum Gasteiger partial charge on any atom is -0.324 e. The number of hydrogen-bond acceptors (Lipinski definition) is 2. The van der Waals surface area contributed by atoms with Crippen molar-refractivity contribution >= 4 is 0 Å². The van der Waals surface area contributed by atoms with Crippen LogP contribution in [0.15, 0.2) is 0 Å². The van der Waals surface area contributed by atoms with Crippen LogP contribution < -0.4 is 11.5 Å². The zero-order chi connectivity index (χ0) is 22.0. The second kappa shape index (κ2) is 17.5. The fraction of sp³-hybridized carbons (Fsp3) is 1.00. The summed E-state index contributed by atoms with van der Waals surface area (Å²) in [5.41, 5.74) is 13.8. The first-order chi connectivity index (χ1) is 14.6. The zero-order valence-electron chi connectivity index (χ0n) is 21.1. The van der Waals surface area contributed by atoms with Gasteiger partial charge < -0.3 is 11.5 Å². The Morgan fingerprint density at radius 2 is 0.700 bits per heavy atom. The summed E-state index contributed by atoms with van der Waals surface area (Å²) in [6, 6.07) is 0. The number of hydrogen-bond donors (Lipinski definition) is 2. The fourth-order valence-electron chi connectivity index (χ4n) is 5.63. The lowest BCUT2D eigenvalue weighted by Crippen LogP contribution is -2.67. The van der Waals surface area contributed by atoms with E-state index < -0.39 is 0 Å². The van der Waals surface area contributed by atoms with E-state index >= 15 is 0 Å². The summed E-state index contributed by atoms with van der Waals surface area (Å²) < 4.78 is 0. The molecule has 30 heavy (non-hydrogen) atoms. The quantitative estimate of drug-likeness (QED) is 0.192. The van der Waals surface area contributed by atoms with Gasteiger partial charge in [0.05, 0.1) is 0 Å². The SMILES string of the molecule is CCCCCCCCCCCC1(N)CCCCC1(N)CCCCCCCCCCC. The highest BCUT2D eigenvalue weighted by molar-refractivity contribution is 5.09. The topological polar surface area (TPSA) is 52.0 Å². The van der Waals surface area contributed by atoms with Crippen LogP contribution in [0.1, 0.15) is 168 Å². The summed E-state index contributed by atoms with van der Waals surface area (Å²) in [5, 5.41) is 0. The first kappa shape index (κ1) is 28.0. The summed E-state index contributed by atoms with van der Waals surface area (Å²) in [6.45, 7) is 4.59. The van der Waals surface area contributed by atoms with Crippen molar-refractivity contribution < 1.29 is 0 Å². The van der Waals surface area contributed by atoms with Crippen molar-refractivity contribution in [2.45, 2.75) is 179 Å². The monoisotopic (exact) mass is 422 g/mol. The van der Waals surface area contributed by atoms with Crippen LogP contribution in [-0.2, 0) is 0 Å². The molecule has 1 aliphatic rings. The van der Waals surface area contributed by atoms with Crippen molar-refractivity contribution in [3.63, 3.8) is 0 Å². The molecule has 0 aromatic rings. The molecule has 0 spiro atoms. The van der Waals surface area contributed by atoms with E-state index in [4.69, 9.17) is 11.5 Å². The molecule has 1 rings (SSSR count). The van der Waals surface area contributed by atoms with Crippen LogP contribution in [0.3, 0.4) is 0 Å². The minimum absolute atomic E-state index is 0.105. The third-order valence-electron chi connectivity index (χ3n) is 7.94. The van der Waals surface area contributed by atoms with Gasteiger partial charge in [-0.2, -0.15) is 0 Å². The Bertz CT molecular complexity index is 347. The third-order valence-corrected chi connectivity index (χ3v) is 7.94. The van der Waals surface area contributed by atoms with E-state index in [1.54, 1.807) is 0 Å². The Labute approximate surface area is 190 Å². The van der Waals surface area contributed by atoms with Gasteiger partial charge in [-0.1, -0.05) is 142 Å². The van der Waals surface area contributed by atoms with Crippen LogP contribution in [-0.4, -0.2) is 11.1 Å². The fourth-order valence-corrected chi connectivity index (χ4v) is 5.63. The molecule has 0 heterocycles. The van der Waals surface area contributed by atoms with Crippen molar-refractivity contribution in [2.24, 2.45) is 11.5 Å². The Hall–Kier alpha value is -0.0800. The Balaban J connectivity index is 2.18. The molecular formula is C28H58N2. The second-order valence-electron chi connectivity index (χ2n) is 10.7. The number of unbranched alkanes of at least 4 members (excludes halogenated alkanes) is 16. The van der Waals surface area contributed by atoms with Crippen LogP contribution >= 0.6 is 0 Å². The lowest BCUT2D eigenvalue weighted by molar-refractivity contribution is 0.121. The Morgan fingerprint density at radius 1 is 0.433 bits per heavy atom. The molecule has 0 radical (unpaired) electrons. The van der Waals surface area contributed by atoms with Crippen LogP contribution in [0.4, 0.5) is 0 Å². The smallest absolute Gasteiger partial charge is 0.0336 e. The molecule has 0 amide bonds. The van der Waals surface area contributed by atoms with Gasteiger partial charge >= 0.3 is 0 Å². The van der Waals surface area contributed by atoms with Gasteiger partial charge in [0, 0.05) is 11.1 Å². The van der Waals surface area contributed by atoms with Gasteiger partial charge in [-0.3, -0.25) is 0 Å². The molecule has 1 fully saturated rings. The molecule has 1 saturated carbocycles. The molecule has 2 heteroatoms. The van der Waals surface area contributed by atoms with E-state index in [0.29, 0.717) is 0 Å². The second-order valence-corrected chi connectivity index (χ2v) is 10.7. The summed E-state index contributed by atoms with van der Waals surface area (Å²) in [5.74, 6) is 0. The van der Waals surface area contributed by atoms with Gasteiger partial charge in [0.15, 0.2) is 0 Å². The predicted molar refractivity (Wildman–Crippen MR) is 136 cm³/mol. The molecule has 0 aromatic heterocycles. The molecule has 0 aromatic carbocycles. The normalized spacial score (nSPS) is 24.4. The lowest BCUT2D eigenvalue weighted by Gasteiger charge is -2.50. The highest BCUT2D eigenvalue weighted by Gasteiger charge is 2.46. The van der Waals surface area contributed by atoms with Gasteiger partial charge in [0.25, 0.3) is 0 Å². The molecule has 2 nitrogen and oxygen atoms in total. The maximum Gasteiger partial charge on any atom is 0.0336 e. The van der Waals surface area contributed by atoms with Gasteiger partial charge in [-0.25, -0.2) is 0 Å². The minimum atomic E-state index is -0.105. The maximum atomic E-state index is 7.02. The summed E-state index contributed by atoms with van der Waals surface area (Å²) in [6.07, 6.45) is 32.1. The first-order valence-electron chi connectivity index (χ1n) is 14.2. The first-order valence-corrected chi connectivity index (χ1v) is 14.2. The van der Waals surface area contributed by atoms with Gasteiger partial charge in [-0.05, 0) is 25.7 Å². The van der Waals surface area contributed by atoms with Crippen LogP contribution in [0.5, 0.6) is 0 Å². The predicted octanol–water partition coefficient (Wildman–Crippen LogP) is 8.80. The Kier molecular flexibility index (Phi) is 16.3. The van der Waals surface area contributed by atoms with Gasteiger partial charge in [0.1, 0.15) is 0 Å². The highest BCUT2D eigenvalue weighted by atomic mass is 14.9. The largest absolute Gasteiger partial charge is 0.324 e. The van der Waals surface area contributed by atoms with E-state index in [0.717, 1.165) is 25.7 Å². The molecule has 0 saturated heterocycles. The van der Waals surface area contributed by atoms with Crippen LogP contribution in [0.25, 0.3) is 0 Å². The number of rotatable bonds is 20. The van der Waals surface area contributed by atoms with Crippen LogP contribution in [0, 0.1) is 0 Å². The van der Waals surface area contributed by atoms with Crippen molar-refractivity contribution in [1.82, 2.24) is 0 Å². The van der Waals surface area contributed by atoms with E-state index in [-0.39, 0.29) is 11.1 Å². The standard InChI is InChI=1S/C28H58N2/c1-3-5-7-9-11-13-15-17-19-23-27(29)25-21-22-26-28(27,30)24-20-18-16-14-12-10-8-6-4-2/h3-26,29-30H2,1-2H3. The van der Waals surface area contributed by atoms with Gasteiger partial charge in [-0.15, -0.1) is 0 Å². The van der Waals surface area contributed by atoms with Crippen molar-refractivity contribution in [1.29, 1.82) is 0 Å². The van der Waals surface area contributed by atoms with Crippen molar-refractivity contribution in [3.05, 3.63) is 0 Å². The molecule has 2 atom stereocenters. The van der Waals surface area contributed by atoms with Crippen molar-refractivity contribution in [2.75, 3.05) is 0 Å². The average Bonchev–Trinajstić information content (AvgIpc) is 2.74. The zero-order valence-corrected chi connectivity index (χ0v) is 21.1. The van der Waals surface area contributed by atoms with E-state index in [9.17, 15) is 0 Å². The molecule has 1 aliphatic carbocycles. The van der Waals surface area contributed by atoms with Crippen LogP contribution in [0.2, 0.25) is 0 Å². The maximum absolute atomic E-state index is 7.02. The molecule has 0 aliphatic heterocycles.